The summed E-state index contributed by atoms with van der Waals surface area (Å²) in [4.78, 5) is 0. The molecule has 1 aromatic rings. The highest BCUT2D eigenvalue weighted by Crippen LogP contribution is 2.20. The molecule has 140 valence electrons. The minimum Gasteiger partial charge on any atom is -0.741 e. The lowest BCUT2D eigenvalue weighted by molar-refractivity contribution is -0.697. The fourth-order valence-corrected chi connectivity index (χ4v) is 1.99. The van der Waals surface area contributed by atoms with Gasteiger partial charge in [-0.25, -0.2) is 13.0 Å². The van der Waals surface area contributed by atoms with Gasteiger partial charge in [-0.05, 0) is 18.4 Å². The van der Waals surface area contributed by atoms with Crippen molar-refractivity contribution in [1.29, 1.82) is 0 Å². The zero-order valence-corrected chi connectivity index (χ0v) is 15.0. The van der Waals surface area contributed by atoms with E-state index in [0.29, 0.717) is 0 Å². The van der Waals surface area contributed by atoms with Gasteiger partial charge in [0.05, 0.1) is 0 Å². The van der Waals surface area contributed by atoms with Crippen LogP contribution in [0.25, 0.3) is 0 Å². The van der Waals surface area contributed by atoms with Gasteiger partial charge in [-0.15, -0.1) is 0 Å². The summed E-state index contributed by atoms with van der Waals surface area (Å²) >= 11 is 0. The maximum absolute atomic E-state index is 10.7. The highest BCUT2D eigenvalue weighted by atomic mass is 32.2. The third kappa shape index (κ3) is 10.6. The van der Waals surface area contributed by atoms with Gasteiger partial charge in [-0.3, -0.25) is 0 Å². The van der Waals surface area contributed by atoms with Crippen molar-refractivity contribution in [2.45, 2.75) is 70.8 Å². The number of alkyl halides is 3. The Morgan fingerprint density at radius 3 is 1.92 bits per heavy atom. The van der Waals surface area contributed by atoms with Crippen LogP contribution in [0.15, 0.2) is 24.5 Å². The van der Waals surface area contributed by atoms with Crippen molar-refractivity contribution in [2.24, 2.45) is 0 Å². The Bertz CT molecular complexity index is 543. The van der Waals surface area contributed by atoms with Crippen LogP contribution >= 0.6 is 0 Å². The second-order valence-corrected chi connectivity index (χ2v) is 6.88. The van der Waals surface area contributed by atoms with Crippen LogP contribution in [0, 0.1) is 0 Å². The van der Waals surface area contributed by atoms with E-state index in [2.05, 4.69) is 42.9 Å². The summed E-state index contributed by atoms with van der Waals surface area (Å²) in [6, 6.07) is 4.52. The van der Waals surface area contributed by atoms with E-state index >= 15 is 0 Å². The molecule has 0 radical (unpaired) electrons. The number of hydrogen-bond acceptors (Lipinski definition) is 3. The molecule has 0 amide bonds. The van der Waals surface area contributed by atoms with Crippen molar-refractivity contribution in [3.63, 3.8) is 0 Å². The zero-order chi connectivity index (χ0) is 18.6. The molecule has 0 saturated heterocycles. The van der Waals surface area contributed by atoms with Gasteiger partial charge in [0.1, 0.15) is 6.54 Å². The smallest absolute Gasteiger partial charge is 0.485 e. The zero-order valence-electron chi connectivity index (χ0n) is 14.2. The van der Waals surface area contributed by atoms with Crippen LogP contribution in [0.4, 0.5) is 13.2 Å². The molecule has 1 heterocycles. The second kappa shape index (κ2) is 11.4. The molecule has 0 unspecified atom stereocenters. The summed E-state index contributed by atoms with van der Waals surface area (Å²) in [7, 11) is -6.09. The molecule has 0 aliphatic carbocycles. The topological polar surface area (TPSA) is 61.1 Å². The van der Waals surface area contributed by atoms with Crippen LogP contribution in [-0.2, 0) is 23.1 Å². The van der Waals surface area contributed by atoms with Crippen molar-refractivity contribution >= 4 is 10.1 Å². The predicted octanol–water partition coefficient (Wildman–Crippen LogP) is 3.95. The molecule has 1 rings (SSSR count). The van der Waals surface area contributed by atoms with Gasteiger partial charge in [-0.1, -0.05) is 39.5 Å². The molecule has 1 aromatic heterocycles. The standard InChI is InChI=1S/C15H26N.CHF3O3S/c1-3-5-6-7-8-12-16-13-10-15(9-4-2)11-14-16;2-1(3,4)8(5,6)7/h10-11,13-14H,3-9,12H2,1-2H3;(H,5,6,7)/q+1;/p-1. The monoisotopic (exact) mass is 369 g/mol. The molecule has 24 heavy (non-hydrogen) atoms. The summed E-state index contributed by atoms with van der Waals surface area (Å²) < 4.78 is 61.2. The summed E-state index contributed by atoms with van der Waals surface area (Å²) in [5.41, 5.74) is -4.18. The number of unbranched alkanes of at least 4 members (excludes halogenated alkanes) is 4. The second-order valence-electron chi connectivity index (χ2n) is 5.51. The fourth-order valence-electron chi connectivity index (χ4n) is 1.99. The number of aromatic nitrogens is 1. The number of aryl methyl sites for hydroxylation is 2. The van der Waals surface area contributed by atoms with E-state index < -0.39 is 15.6 Å². The lowest BCUT2D eigenvalue weighted by Gasteiger charge is -2.08. The maximum Gasteiger partial charge on any atom is 0.485 e. The number of nitrogens with zero attached hydrogens (tertiary/aromatic N) is 1. The van der Waals surface area contributed by atoms with Gasteiger partial charge in [-0.2, -0.15) is 13.2 Å². The Labute approximate surface area is 142 Å². The lowest BCUT2D eigenvalue weighted by atomic mass is 10.1. The molecular formula is C16H26F3NO3S. The Kier molecular flexibility index (Phi) is 10.9. The first-order valence-corrected chi connectivity index (χ1v) is 9.52. The molecule has 0 aromatic carbocycles. The molecular weight excluding hydrogens is 343 g/mol. The largest absolute Gasteiger partial charge is 0.741 e. The van der Waals surface area contributed by atoms with Crippen LogP contribution in [0.1, 0.15) is 57.9 Å². The number of rotatable bonds is 8. The summed E-state index contributed by atoms with van der Waals surface area (Å²) in [5.74, 6) is 0. The van der Waals surface area contributed by atoms with Gasteiger partial charge in [0.25, 0.3) is 0 Å². The fraction of sp³-hybridized carbons (Fsp3) is 0.688. The molecule has 0 bridgehead atoms. The van der Waals surface area contributed by atoms with E-state index in [0.717, 1.165) is 0 Å². The molecule has 0 spiro atoms. The summed E-state index contributed by atoms with van der Waals surface area (Å²) in [6.45, 7) is 5.67. The lowest BCUT2D eigenvalue weighted by Crippen LogP contribution is -2.32. The van der Waals surface area contributed by atoms with Crippen LogP contribution in [0.5, 0.6) is 0 Å². The average molecular weight is 369 g/mol. The Morgan fingerprint density at radius 1 is 1.00 bits per heavy atom. The van der Waals surface area contributed by atoms with Crippen molar-refractivity contribution < 1.29 is 30.7 Å². The highest BCUT2D eigenvalue weighted by molar-refractivity contribution is 7.86. The van der Waals surface area contributed by atoms with E-state index in [4.69, 9.17) is 13.0 Å². The molecule has 0 saturated carbocycles. The normalized spacial score (nSPS) is 11.8. The minimum atomic E-state index is -6.09. The molecule has 4 nitrogen and oxygen atoms in total. The van der Waals surface area contributed by atoms with Crippen molar-refractivity contribution in [1.82, 2.24) is 0 Å². The number of halogens is 3. The van der Waals surface area contributed by atoms with Crippen LogP contribution in [0.2, 0.25) is 0 Å². The first kappa shape index (κ1) is 22.9. The Balaban J connectivity index is 0.000000561. The van der Waals surface area contributed by atoms with Crippen LogP contribution in [0.3, 0.4) is 0 Å². The van der Waals surface area contributed by atoms with Gasteiger partial charge in [0.2, 0.25) is 0 Å². The summed E-state index contributed by atoms with van der Waals surface area (Å²) in [5, 5.41) is 0. The third-order valence-electron chi connectivity index (χ3n) is 3.30. The first-order valence-electron chi connectivity index (χ1n) is 8.12. The molecule has 0 fully saturated rings. The quantitative estimate of drug-likeness (QED) is 0.302. The Hall–Kier alpha value is -1.15. The van der Waals surface area contributed by atoms with Gasteiger partial charge in [0, 0.05) is 18.6 Å². The Morgan fingerprint density at radius 2 is 1.50 bits per heavy atom. The third-order valence-corrected chi connectivity index (χ3v) is 3.87. The van der Waals surface area contributed by atoms with Gasteiger partial charge < -0.3 is 4.55 Å². The van der Waals surface area contributed by atoms with Crippen molar-refractivity contribution in [2.75, 3.05) is 0 Å². The van der Waals surface area contributed by atoms with E-state index in [1.807, 2.05) is 0 Å². The molecule has 0 N–H and O–H groups in total. The molecule has 8 heteroatoms. The van der Waals surface area contributed by atoms with Crippen LogP contribution < -0.4 is 4.57 Å². The predicted molar refractivity (Wildman–Crippen MR) is 85.1 cm³/mol. The van der Waals surface area contributed by atoms with Crippen molar-refractivity contribution in [3.05, 3.63) is 30.1 Å². The summed E-state index contributed by atoms with van der Waals surface area (Å²) in [6.07, 6.45) is 13.7. The number of hydrogen-bond donors (Lipinski definition) is 0. The van der Waals surface area contributed by atoms with E-state index in [-0.39, 0.29) is 0 Å². The van der Waals surface area contributed by atoms with Crippen LogP contribution in [-0.4, -0.2) is 18.5 Å². The van der Waals surface area contributed by atoms with Gasteiger partial charge >= 0.3 is 5.51 Å². The molecule has 0 atom stereocenters. The van der Waals surface area contributed by atoms with E-state index in [9.17, 15) is 13.2 Å². The maximum atomic E-state index is 10.7. The van der Waals surface area contributed by atoms with E-state index in [1.54, 1.807) is 0 Å². The molecule has 0 aliphatic heterocycles. The van der Waals surface area contributed by atoms with Gasteiger partial charge in [0.15, 0.2) is 22.5 Å². The minimum absolute atomic E-state index is 1.18. The van der Waals surface area contributed by atoms with E-state index in [1.165, 1.54) is 57.1 Å². The average Bonchev–Trinajstić information content (AvgIpc) is 2.48. The number of pyridine rings is 1. The van der Waals surface area contributed by atoms with Crippen molar-refractivity contribution in [3.8, 4) is 0 Å². The highest BCUT2D eigenvalue weighted by Gasteiger charge is 2.36. The first-order chi connectivity index (χ1) is 11.1. The SMILES string of the molecule is CCCCCCC[n+]1ccc(CCC)cc1.O=S(=O)([O-])C(F)(F)F. The molecule has 0 aliphatic rings.